The van der Waals surface area contributed by atoms with Crippen molar-refractivity contribution in [1.29, 1.82) is 0 Å². The van der Waals surface area contributed by atoms with Crippen molar-refractivity contribution in [3.05, 3.63) is 23.4 Å². The fourth-order valence-corrected chi connectivity index (χ4v) is 10.1. The highest BCUT2D eigenvalue weighted by atomic mass is 16.5. The quantitative estimate of drug-likeness (QED) is 0.262. The van der Waals surface area contributed by atoms with Crippen LogP contribution in [0.5, 0.6) is 0 Å². The summed E-state index contributed by atoms with van der Waals surface area (Å²) in [6, 6.07) is 0. The lowest BCUT2D eigenvalue weighted by Gasteiger charge is -2.57. The van der Waals surface area contributed by atoms with E-state index in [2.05, 4.69) is 32.2 Å². The van der Waals surface area contributed by atoms with Gasteiger partial charge in [0.05, 0.1) is 19.3 Å². The molecular weight excluding hydrogens is 540 g/mol. The minimum atomic E-state index is -1.13. The molecule has 7 aliphatic rings. The highest BCUT2D eigenvalue weighted by Gasteiger charge is 2.60. The molecule has 7 rings (SSSR count). The minimum Gasteiger partial charge on any atom is -0.468 e. The van der Waals surface area contributed by atoms with Crippen LogP contribution in [0.1, 0.15) is 111 Å². The van der Waals surface area contributed by atoms with E-state index in [1.807, 2.05) is 17.9 Å². The summed E-state index contributed by atoms with van der Waals surface area (Å²) in [5, 5.41) is 3.29. The van der Waals surface area contributed by atoms with Gasteiger partial charge in [0.2, 0.25) is 11.8 Å². The van der Waals surface area contributed by atoms with Crippen LogP contribution in [0.25, 0.3) is 0 Å². The molecule has 7 nitrogen and oxygen atoms in total. The lowest BCUT2D eigenvalue weighted by molar-refractivity contribution is -0.180. The van der Waals surface area contributed by atoms with Crippen LogP contribution >= 0.6 is 0 Å². The second kappa shape index (κ2) is 11.7. The molecule has 4 saturated carbocycles. The molecule has 5 aliphatic carbocycles. The molecule has 0 aromatic carbocycles. The Bertz CT molecular complexity index is 1150. The number of methoxy groups -OCH3 is 1. The highest BCUT2D eigenvalue weighted by Crippen LogP contribution is 2.60. The molecule has 7 heteroatoms. The first-order chi connectivity index (χ1) is 20.4. The Hall–Kier alpha value is -2.15. The number of amides is 2. The third kappa shape index (κ3) is 5.84. The van der Waals surface area contributed by atoms with Crippen LogP contribution in [0.4, 0.5) is 0 Å². The highest BCUT2D eigenvalue weighted by molar-refractivity contribution is 5.92. The van der Waals surface area contributed by atoms with Gasteiger partial charge in [0.15, 0.2) is 0 Å². The number of carbonyl (C=O) groups excluding carboxylic acids is 3. The minimum absolute atomic E-state index is 0.0473. The number of ether oxygens (including phenoxy) is 2. The first-order valence-corrected chi connectivity index (χ1v) is 17.1. The van der Waals surface area contributed by atoms with E-state index in [0.29, 0.717) is 18.8 Å². The fourth-order valence-electron chi connectivity index (χ4n) is 10.1. The number of allylic oxidation sites excluding steroid dienone is 1. The van der Waals surface area contributed by atoms with E-state index in [9.17, 15) is 14.4 Å². The van der Waals surface area contributed by atoms with Crippen LogP contribution in [0, 0.1) is 39.9 Å². The maximum Gasteiger partial charge on any atom is 0.320 e. The Balaban J connectivity index is 1.25. The van der Waals surface area contributed by atoms with E-state index in [1.165, 1.54) is 64.0 Å². The van der Waals surface area contributed by atoms with Gasteiger partial charge in [-0.15, -0.1) is 0 Å². The molecule has 2 amide bonds. The zero-order chi connectivity index (χ0) is 30.6. The summed E-state index contributed by atoms with van der Waals surface area (Å²) >= 11 is 0. The first kappa shape index (κ1) is 30.9. The van der Waals surface area contributed by atoms with Gasteiger partial charge in [0.1, 0.15) is 5.41 Å². The molecule has 0 radical (unpaired) electrons. The standard InChI is InChI=1S/C36H54N2O5/c1-23-36(33(41)42-5)21-28(16-31(39)37-22-35-18-25-13-26(19-35)15-27(14-25)20-35)32(40)38(12-11-24-9-7-6-8-10-24)29(36)17-30(43-23)34(2,3)4/h9,17,23,25-28,30H,6-8,10-16,18-22H2,1-5H3,(H,37,39)/t23-,25?,26?,27?,28+,30-,35?,36+/m1/s1. The zero-order valence-corrected chi connectivity index (χ0v) is 27.2. The Kier molecular flexibility index (Phi) is 8.36. The van der Waals surface area contributed by atoms with Gasteiger partial charge in [-0.25, -0.2) is 0 Å². The molecule has 0 spiro atoms. The topological polar surface area (TPSA) is 84.9 Å². The number of nitrogens with one attached hydrogen (secondary N) is 1. The second-order valence-corrected chi connectivity index (χ2v) is 16.2. The Morgan fingerprint density at radius 2 is 1.74 bits per heavy atom. The Morgan fingerprint density at radius 3 is 2.33 bits per heavy atom. The number of fused-ring (bicyclic) bond motifs is 1. The van der Waals surface area contributed by atoms with Crippen molar-refractivity contribution in [2.75, 3.05) is 20.2 Å². The van der Waals surface area contributed by atoms with Gasteiger partial charge in [-0.2, -0.15) is 0 Å². The summed E-state index contributed by atoms with van der Waals surface area (Å²) in [5.74, 6) is 1.36. The van der Waals surface area contributed by atoms with Crippen molar-refractivity contribution < 1.29 is 23.9 Å². The van der Waals surface area contributed by atoms with Gasteiger partial charge in [0, 0.05) is 31.1 Å². The summed E-state index contributed by atoms with van der Waals surface area (Å²) in [5.41, 5.74) is 0.988. The summed E-state index contributed by atoms with van der Waals surface area (Å²) in [4.78, 5) is 43.5. The summed E-state index contributed by atoms with van der Waals surface area (Å²) in [6.07, 6.45) is 17.0. The third-order valence-corrected chi connectivity index (χ3v) is 12.0. The smallest absolute Gasteiger partial charge is 0.320 e. The number of piperidine rings is 1. The van der Waals surface area contributed by atoms with Gasteiger partial charge < -0.3 is 19.7 Å². The molecule has 0 aromatic rings. The maximum atomic E-state index is 14.3. The van der Waals surface area contributed by atoms with E-state index in [1.54, 1.807) is 0 Å². The van der Waals surface area contributed by atoms with Crippen molar-refractivity contribution in [1.82, 2.24) is 10.2 Å². The Labute approximate surface area is 258 Å². The normalized spacial score (nSPS) is 38.7. The molecule has 0 aromatic heterocycles. The molecular formula is C36H54N2O5. The van der Waals surface area contributed by atoms with Crippen molar-refractivity contribution in [3.63, 3.8) is 0 Å². The lowest BCUT2D eigenvalue weighted by atomic mass is 9.49. The van der Waals surface area contributed by atoms with Crippen molar-refractivity contribution in [3.8, 4) is 0 Å². The van der Waals surface area contributed by atoms with E-state index in [0.717, 1.165) is 37.0 Å². The lowest BCUT2D eigenvalue weighted by Crippen LogP contribution is -2.61. The van der Waals surface area contributed by atoms with Crippen molar-refractivity contribution >= 4 is 17.8 Å². The summed E-state index contributed by atoms with van der Waals surface area (Å²) in [6.45, 7) is 9.50. The van der Waals surface area contributed by atoms with Gasteiger partial charge in [-0.05, 0) is 119 Å². The average Bonchev–Trinajstić information content (AvgIpc) is 2.95. The SMILES string of the molecule is COC(=O)[C@]12C[C@H](CC(=O)NCC34CC5CC(CC(C5)C3)C4)C(=O)N(CCC3=CCCCC3)C1=C[C@H](C(C)(C)C)O[C@@H]2C. The molecule has 4 bridgehead atoms. The number of carbonyl (C=O) groups is 3. The van der Waals surface area contributed by atoms with Gasteiger partial charge >= 0.3 is 5.97 Å². The molecule has 238 valence electrons. The fraction of sp³-hybridized carbons (Fsp3) is 0.806. The van der Waals surface area contributed by atoms with Crippen LogP contribution in [-0.4, -0.2) is 55.1 Å². The second-order valence-electron chi connectivity index (χ2n) is 16.2. The molecule has 2 aliphatic heterocycles. The van der Waals surface area contributed by atoms with Crippen LogP contribution in [-0.2, 0) is 23.9 Å². The van der Waals surface area contributed by atoms with Crippen molar-refractivity contribution in [2.45, 2.75) is 123 Å². The molecule has 5 fully saturated rings. The number of rotatable bonds is 8. The van der Waals surface area contributed by atoms with Crippen LogP contribution in [0.15, 0.2) is 23.4 Å². The third-order valence-electron chi connectivity index (χ3n) is 12.0. The van der Waals surface area contributed by atoms with Crippen LogP contribution in [0.3, 0.4) is 0 Å². The van der Waals surface area contributed by atoms with E-state index >= 15 is 0 Å². The number of hydrogen-bond acceptors (Lipinski definition) is 5. The summed E-state index contributed by atoms with van der Waals surface area (Å²) in [7, 11) is 1.41. The monoisotopic (exact) mass is 594 g/mol. The van der Waals surface area contributed by atoms with E-state index in [4.69, 9.17) is 9.47 Å². The maximum absolute atomic E-state index is 14.3. The molecule has 1 saturated heterocycles. The number of nitrogens with zero attached hydrogens (tertiary/aromatic N) is 1. The molecule has 1 N–H and O–H groups in total. The predicted molar refractivity (Wildman–Crippen MR) is 166 cm³/mol. The summed E-state index contributed by atoms with van der Waals surface area (Å²) < 4.78 is 12.0. The molecule has 0 unspecified atom stereocenters. The Morgan fingerprint density at radius 1 is 1.07 bits per heavy atom. The van der Waals surface area contributed by atoms with Crippen molar-refractivity contribution in [2.24, 2.45) is 39.9 Å². The van der Waals surface area contributed by atoms with Crippen LogP contribution < -0.4 is 5.32 Å². The van der Waals surface area contributed by atoms with Gasteiger partial charge in [-0.1, -0.05) is 32.4 Å². The number of hydrogen-bond donors (Lipinski definition) is 1. The van der Waals surface area contributed by atoms with E-state index in [-0.39, 0.29) is 47.6 Å². The van der Waals surface area contributed by atoms with Crippen LogP contribution in [0.2, 0.25) is 0 Å². The number of likely N-dealkylation sites (tertiary alicyclic amines) is 1. The molecule has 4 atom stereocenters. The largest absolute Gasteiger partial charge is 0.468 e. The predicted octanol–water partition coefficient (Wildman–Crippen LogP) is 6.32. The first-order valence-electron chi connectivity index (χ1n) is 17.1. The van der Waals surface area contributed by atoms with Gasteiger partial charge in [0.25, 0.3) is 0 Å². The van der Waals surface area contributed by atoms with Gasteiger partial charge in [-0.3, -0.25) is 14.4 Å². The average molecular weight is 595 g/mol. The molecule has 43 heavy (non-hydrogen) atoms. The zero-order valence-electron chi connectivity index (χ0n) is 27.2. The molecule has 2 heterocycles. The van der Waals surface area contributed by atoms with E-state index < -0.39 is 17.4 Å². The number of esters is 1.